The van der Waals surface area contributed by atoms with Crippen LogP contribution in [0.3, 0.4) is 0 Å². The van der Waals surface area contributed by atoms with Crippen LogP contribution in [-0.2, 0) is 11.0 Å². The Labute approximate surface area is 178 Å². The van der Waals surface area contributed by atoms with Crippen LogP contribution in [0.25, 0.3) is 0 Å². The van der Waals surface area contributed by atoms with Crippen LogP contribution in [0, 0.1) is 5.92 Å². The van der Waals surface area contributed by atoms with Gasteiger partial charge < -0.3 is 14.7 Å². The largest absolute Gasteiger partial charge is 0.417 e. The molecule has 164 valence electrons. The minimum absolute atomic E-state index is 0.0263. The monoisotopic (exact) mass is 432 g/mol. The van der Waals surface area contributed by atoms with E-state index in [1.807, 2.05) is 4.90 Å². The van der Waals surface area contributed by atoms with Crippen molar-refractivity contribution in [1.29, 1.82) is 0 Å². The molecule has 4 rings (SSSR count). The average Bonchev–Trinajstić information content (AvgIpc) is 3.63. The van der Waals surface area contributed by atoms with Crippen molar-refractivity contribution in [2.45, 2.75) is 19.0 Å². The maximum absolute atomic E-state index is 13.2. The second-order valence-electron chi connectivity index (χ2n) is 7.87. The van der Waals surface area contributed by atoms with Crippen LogP contribution < -0.4 is 9.80 Å². The van der Waals surface area contributed by atoms with Crippen molar-refractivity contribution in [3.63, 3.8) is 0 Å². The van der Waals surface area contributed by atoms with Gasteiger partial charge in [-0.25, -0.2) is 4.98 Å². The summed E-state index contributed by atoms with van der Waals surface area (Å²) in [7, 11) is 1.70. The fourth-order valence-electron chi connectivity index (χ4n) is 3.72. The molecule has 0 unspecified atom stereocenters. The second kappa shape index (κ2) is 8.20. The van der Waals surface area contributed by atoms with Crippen LogP contribution in [0.15, 0.2) is 42.6 Å². The summed E-state index contributed by atoms with van der Waals surface area (Å²) in [6.07, 6.45) is -1.81. The molecule has 1 saturated heterocycles. The average molecular weight is 432 g/mol. The van der Waals surface area contributed by atoms with Crippen molar-refractivity contribution in [1.82, 2.24) is 9.88 Å². The van der Waals surface area contributed by atoms with Crippen molar-refractivity contribution in [3.05, 3.63) is 53.7 Å². The van der Waals surface area contributed by atoms with Crippen LogP contribution in [-0.4, -0.2) is 54.9 Å². The predicted molar refractivity (Wildman–Crippen MR) is 110 cm³/mol. The van der Waals surface area contributed by atoms with Gasteiger partial charge in [0.25, 0.3) is 5.91 Å². The number of pyridine rings is 1. The maximum Gasteiger partial charge on any atom is 0.417 e. The van der Waals surface area contributed by atoms with Crippen molar-refractivity contribution < 1.29 is 22.8 Å². The van der Waals surface area contributed by atoms with Gasteiger partial charge in [-0.2, -0.15) is 13.2 Å². The lowest BCUT2D eigenvalue weighted by Crippen LogP contribution is -2.49. The lowest BCUT2D eigenvalue weighted by molar-refractivity contribution is -0.137. The lowest BCUT2D eigenvalue weighted by Gasteiger charge is -2.36. The van der Waals surface area contributed by atoms with E-state index >= 15 is 0 Å². The van der Waals surface area contributed by atoms with Crippen molar-refractivity contribution in [2.24, 2.45) is 5.92 Å². The highest BCUT2D eigenvalue weighted by Crippen LogP contribution is 2.33. The van der Waals surface area contributed by atoms with Gasteiger partial charge in [-0.3, -0.25) is 9.59 Å². The van der Waals surface area contributed by atoms with Crippen LogP contribution in [0.2, 0.25) is 0 Å². The number of rotatable bonds is 4. The van der Waals surface area contributed by atoms with Crippen LogP contribution in [0.1, 0.15) is 28.8 Å². The summed E-state index contributed by atoms with van der Waals surface area (Å²) in [5.74, 6) is 0.368. The van der Waals surface area contributed by atoms with E-state index in [1.54, 1.807) is 41.1 Å². The van der Waals surface area contributed by atoms with Crippen LogP contribution >= 0.6 is 0 Å². The molecule has 2 amide bonds. The van der Waals surface area contributed by atoms with Gasteiger partial charge in [0.05, 0.1) is 16.8 Å². The number of piperazine rings is 1. The topological polar surface area (TPSA) is 56.8 Å². The van der Waals surface area contributed by atoms with Crippen molar-refractivity contribution in [3.8, 4) is 0 Å². The fraction of sp³-hybridized carbons (Fsp3) is 0.409. The number of alkyl halides is 3. The van der Waals surface area contributed by atoms with Gasteiger partial charge in [-0.05, 0) is 37.1 Å². The Kier molecular flexibility index (Phi) is 5.60. The van der Waals surface area contributed by atoms with Gasteiger partial charge in [0.2, 0.25) is 5.91 Å². The summed E-state index contributed by atoms with van der Waals surface area (Å²) in [4.78, 5) is 34.7. The molecule has 1 aliphatic heterocycles. The molecule has 2 aromatic rings. The Balaban J connectivity index is 1.42. The van der Waals surface area contributed by atoms with Gasteiger partial charge in [-0.15, -0.1) is 0 Å². The van der Waals surface area contributed by atoms with Gasteiger partial charge in [0.15, 0.2) is 0 Å². The first-order valence-electron chi connectivity index (χ1n) is 10.2. The number of carbonyl (C=O) groups is 2. The van der Waals surface area contributed by atoms with Crippen molar-refractivity contribution in [2.75, 3.05) is 43.0 Å². The van der Waals surface area contributed by atoms with E-state index in [4.69, 9.17) is 0 Å². The minimum Gasteiger partial charge on any atom is -0.353 e. The summed E-state index contributed by atoms with van der Waals surface area (Å²) < 4.78 is 38.2. The standard InChI is InChI=1S/C22H23F3N4O2/c1-27(20(30)15-6-7-15)18-5-3-2-4-17(18)21(31)29-12-10-28(11-13-29)19-9-8-16(14-26-19)22(23,24)25/h2-5,8-9,14-15H,6-7,10-13H2,1H3. The maximum atomic E-state index is 13.2. The quantitative estimate of drug-likeness (QED) is 0.743. The van der Waals surface area contributed by atoms with E-state index in [9.17, 15) is 22.8 Å². The van der Waals surface area contributed by atoms with Crippen molar-refractivity contribution >= 4 is 23.3 Å². The van der Waals surface area contributed by atoms with Crippen LogP contribution in [0.4, 0.5) is 24.7 Å². The predicted octanol–water partition coefficient (Wildman–Crippen LogP) is 3.44. The molecule has 1 aromatic heterocycles. The molecule has 1 aliphatic carbocycles. The number of hydrogen-bond acceptors (Lipinski definition) is 4. The molecule has 6 nitrogen and oxygen atoms in total. The van der Waals surface area contributed by atoms with E-state index in [0.717, 1.165) is 25.1 Å². The summed E-state index contributed by atoms with van der Waals surface area (Å²) >= 11 is 0. The summed E-state index contributed by atoms with van der Waals surface area (Å²) in [6.45, 7) is 1.75. The zero-order chi connectivity index (χ0) is 22.2. The van der Waals surface area contributed by atoms with Gasteiger partial charge >= 0.3 is 6.18 Å². The third-order valence-corrected chi connectivity index (χ3v) is 5.72. The Bertz CT molecular complexity index is 965. The Morgan fingerprint density at radius 1 is 1.03 bits per heavy atom. The van der Waals surface area contributed by atoms with Crippen LogP contribution in [0.5, 0.6) is 0 Å². The third kappa shape index (κ3) is 4.50. The number of anilines is 2. The molecule has 0 spiro atoms. The smallest absolute Gasteiger partial charge is 0.353 e. The number of carbonyl (C=O) groups excluding carboxylic acids is 2. The zero-order valence-electron chi connectivity index (χ0n) is 17.1. The number of hydrogen-bond donors (Lipinski definition) is 0. The van der Waals surface area contributed by atoms with E-state index in [-0.39, 0.29) is 17.7 Å². The highest BCUT2D eigenvalue weighted by Gasteiger charge is 2.34. The minimum atomic E-state index is -4.42. The molecular formula is C22H23F3N4O2. The van der Waals surface area contributed by atoms with Gasteiger partial charge in [0, 0.05) is 45.3 Å². The molecule has 9 heteroatoms. The molecular weight excluding hydrogens is 409 g/mol. The first-order valence-corrected chi connectivity index (χ1v) is 10.2. The number of nitrogens with zero attached hydrogens (tertiary/aromatic N) is 4. The van der Waals surface area contributed by atoms with Gasteiger partial charge in [-0.1, -0.05) is 12.1 Å². The molecule has 2 aliphatic rings. The molecule has 0 N–H and O–H groups in total. The number of para-hydroxylation sites is 1. The van der Waals surface area contributed by atoms with E-state index in [2.05, 4.69) is 4.98 Å². The highest BCUT2D eigenvalue weighted by molar-refractivity contribution is 6.05. The number of aromatic nitrogens is 1. The van der Waals surface area contributed by atoms with Gasteiger partial charge in [0.1, 0.15) is 5.82 Å². The molecule has 0 bridgehead atoms. The molecule has 2 heterocycles. The Morgan fingerprint density at radius 2 is 1.71 bits per heavy atom. The fourth-order valence-corrected chi connectivity index (χ4v) is 3.72. The molecule has 0 radical (unpaired) electrons. The highest BCUT2D eigenvalue weighted by atomic mass is 19.4. The first kappa shape index (κ1) is 21.1. The molecule has 0 atom stereocenters. The SMILES string of the molecule is CN(C(=O)C1CC1)c1ccccc1C(=O)N1CCN(c2ccc(C(F)(F)F)cn2)CC1. The lowest BCUT2D eigenvalue weighted by atomic mass is 10.1. The summed E-state index contributed by atoms with van der Waals surface area (Å²) in [6, 6.07) is 9.44. The zero-order valence-corrected chi connectivity index (χ0v) is 17.1. The second-order valence-corrected chi connectivity index (χ2v) is 7.87. The third-order valence-electron chi connectivity index (χ3n) is 5.72. The molecule has 2 fully saturated rings. The molecule has 1 saturated carbocycles. The van der Waals surface area contributed by atoms with E-state index in [1.165, 1.54) is 6.07 Å². The summed E-state index contributed by atoms with van der Waals surface area (Å²) in [5.41, 5.74) is 0.280. The first-order chi connectivity index (χ1) is 14.8. The number of benzene rings is 1. The number of amides is 2. The summed E-state index contributed by atoms with van der Waals surface area (Å²) in [5, 5.41) is 0. The molecule has 31 heavy (non-hydrogen) atoms. The van der Waals surface area contributed by atoms with E-state index in [0.29, 0.717) is 43.2 Å². The molecule has 1 aromatic carbocycles. The Hall–Kier alpha value is -3.10. The number of halogens is 3. The van der Waals surface area contributed by atoms with E-state index < -0.39 is 11.7 Å². The normalized spacial score (nSPS) is 16.9. The Morgan fingerprint density at radius 3 is 2.29 bits per heavy atom.